The minimum atomic E-state index is -1.03. The molecular weight excluding hydrogens is 262 g/mol. The molecule has 0 bridgehead atoms. The average molecular weight is 283 g/mol. The first-order valence-corrected chi connectivity index (χ1v) is 6.52. The van der Waals surface area contributed by atoms with Crippen molar-refractivity contribution in [2.24, 2.45) is 5.92 Å². The molecule has 112 valence electrons. The van der Waals surface area contributed by atoms with E-state index in [4.69, 9.17) is 9.84 Å². The quantitative estimate of drug-likeness (QED) is 0.684. The zero-order chi connectivity index (χ0) is 15.1. The molecule has 20 heavy (non-hydrogen) atoms. The van der Waals surface area contributed by atoms with E-state index >= 15 is 0 Å². The molecule has 0 aliphatic carbocycles. The lowest BCUT2D eigenvalue weighted by molar-refractivity contribution is -0.142. The van der Waals surface area contributed by atoms with Crippen LogP contribution in [0.25, 0.3) is 0 Å². The maximum atomic E-state index is 11.9. The molecule has 7 heteroatoms. The Morgan fingerprint density at radius 2 is 2.20 bits per heavy atom. The molecule has 1 aromatic rings. The van der Waals surface area contributed by atoms with Crippen LogP contribution in [0.4, 0.5) is 0 Å². The van der Waals surface area contributed by atoms with E-state index in [-0.39, 0.29) is 25.7 Å². The van der Waals surface area contributed by atoms with Gasteiger partial charge in [0.15, 0.2) is 0 Å². The van der Waals surface area contributed by atoms with E-state index in [1.807, 2.05) is 6.92 Å². The second-order valence-electron chi connectivity index (χ2n) is 4.92. The minimum absolute atomic E-state index is 0.164. The molecule has 0 saturated carbocycles. The minimum Gasteiger partial charge on any atom is -0.480 e. The zero-order valence-electron chi connectivity index (χ0n) is 12.0. The van der Waals surface area contributed by atoms with E-state index in [2.05, 4.69) is 24.3 Å². The monoisotopic (exact) mass is 283 g/mol. The van der Waals surface area contributed by atoms with Crippen LogP contribution < -0.4 is 5.32 Å². The molecule has 0 spiro atoms. The van der Waals surface area contributed by atoms with Crippen LogP contribution in [-0.2, 0) is 16.1 Å². The summed E-state index contributed by atoms with van der Waals surface area (Å²) in [6, 6.07) is 0. The van der Waals surface area contributed by atoms with Crippen molar-refractivity contribution in [3.8, 4) is 0 Å². The van der Waals surface area contributed by atoms with E-state index in [0.717, 1.165) is 12.2 Å². The molecule has 0 aliphatic rings. The van der Waals surface area contributed by atoms with Gasteiger partial charge >= 0.3 is 5.97 Å². The predicted octanol–water partition coefficient (Wildman–Crippen LogP) is 0.679. The summed E-state index contributed by atoms with van der Waals surface area (Å²) < 4.78 is 6.64. The van der Waals surface area contributed by atoms with Gasteiger partial charge in [0.25, 0.3) is 5.91 Å². The van der Waals surface area contributed by atoms with Crippen LogP contribution in [0.5, 0.6) is 0 Å². The Labute approximate surface area is 117 Å². The van der Waals surface area contributed by atoms with Gasteiger partial charge in [-0.05, 0) is 12.8 Å². The summed E-state index contributed by atoms with van der Waals surface area (Å²) in [5.41, 5.74) is 1.35. The summed E-state index contributed by atoms with van der Waals surface area (Å²) in [6.07, 6.45) is 1.55. The van der Waals surface area contributed by atoms with Crippen molar-refractivity contribution in [2.45, 2.75) is 27.3 Å². The van der Waals surface area contributed by atoms with E-state index in [0.29, 0.717) is 11.5 Å². The van der Waals surface area contributed by atoms with Gasteiger partial charge in [-0.3, -0.25) is 9.48 Å². The molecule has 0 aromatic carbocycles. The Morgan fingerprint density at radius 1 is 1.50 bits per heavy atom. The number of hydrogen-bond acceptors (Lipinski definition) is 4. The fourth-order valence-corrected chi connectivity index (χ4v) is 1.69. The Balaban J connectivity index is 2.43. The Morgan fingerprint density at radius 3 is 2.80 bits per heavy atom. The highest BCUT2D eigenvalue weighted by molar-refractivity contribution is 5.95. The molecule has 1 aromatic heterocycles. The third-order valence-electron chi connectivity index (χ3n) is 2.64. The van der Waals surface area contributed by atoms with Gasteiger partial charge < -0.3 is 15.2 Å². The smallest absolute Gasteiger partial charge is 0.329 e. The van der Waals surface area contributed by atoms with Crippen molar-refractivity contribution in [3.63, 3.8) is 0 Å². The highest BCUT2D eigenvalue weighted by Crippen LogP contribution is 2.09. The molecule has 0 saturated heterocycles. The highest BCUT2D eigenvalue weighted by atomic mass is 16.5. The summed E-state index contributed by atoms with van der Waals surface area (Å²) in [7, 11) is 0. The lowest BCUT2D eigenvalue weighted by Crippen LogP contribution is -2.28. The number of amides is 1. The summed E-state index contributed by atoms with van der Waals surface area (Å²) >= 11 is 0. The molecule has 1 heterocycles. The number of aromatic nitrogens is 2. The fraction of sp³-hybridized carbons (Fsp3) is 0.615. The van der Waals surface area contributed by atoms with Gasteiger partial charge in [-0.25, -0.2) is 4.79 Å². The third-order valence-corrected chi connectivity index (χ3v) is 2.64. The summed E-state index contributed by atoms with van der Waals surface area (Å²) in [4.78, 5) is 22.2. The molecule has 0 unspecified atom stereocenters. The number of aliphatic carboxylic acids is 1. The highest BCUT2D eigenvalue weighted by Gasteiger charge is 2.14. The van der Waals surface area contributed by atoms with Gasteiger partial charge in [-0.2, -0.15) is 5.10 Å². The summed E-state index contributed by atoms with van der Waals surface area (Å²) in [6.45, 7) is 6.85. The van der Waals surface area contributed by atoms with Gasteiger partial charge in [-0.15, -0.1) is 0 Å². The van der Waals surface area contributed by atoms with Crippen LogP contribution in [0.15, 0.2) is 6.20 Å². The van der Waals surface area contributed by atoms with Crippen molar-refractivity contribution in [2.75, 3.05) is 19.8 Å². The standard InChI is InChI=1S/C13H21N3O4/c1-9(2)7-16-10(3)11(6-15-16)13(19)14-4-5-20-8-12(17)18/h6,9H,4-5,7-8H2,1-3H3,(H,14,19)(H,17,18). The summed E-state index contributed by atoms with van der Waals surface area (Å²) in [5, 5.41) is 15.2. The van der Waals surface area contributed by atoms with Crippen LogP contribution in [0.2, 0.25) is 0 Å². The van der Waals surface area contributed by atoms with Crippen LogP contribution in [0.1, 0.15) is 29.9 Å². The number of nitrogens with zero attached hydrogens (tertiary/aromatic N) is 2. The number of rotatable bonds is 8. The van der Waals surface area contributed by atoms with Gasteiger partial charge in [0.1, 0.15) is 6.61 Å². The number of hydrogen-bond donors (Lipinski definition) is 2. The van der Waals surface area contributed by atoms with Crippen molar-refractivity contribution >= 4 is 11.9 Å². The van der Waals surface area contributed by atoms with Crippen LogP contribution in [-0.4, -0.2) is 46.5 Å². The number of carbonyl (C=O) groups excluding carboxylic acids is 1. The van der Waals surface area contributed by atoms with E-state index < -0.39 is 5.97 Å². The number of carboxylic acid groups (broad SMARTS) is 1. The van der Waals surface area contributed by atoms with Crippen LogP contribution in [0, 0.1) is 12.8 Å². The molecule has 7 nitrogen and oxygen atoms in total. The van der Waals surface area contributed by atoms with Crippen molar-refractivity contribution < 1.29 is 19.4 Å². The lowest BCUT2D eigenvalue weighted by atomic mass is 10.2. The first kappa shape index (κ1) is 16.2. The maximum absolute atomic E-state index is 11.9. The van der Waals surface area contributed by atoms with Crippen LogP contribution >= 0.6 is 0 Å². The predicted molar refractivity (Wildman–Crippen MR) is 72.6 cm³/mol. The van der Waals surface area contributed by atoms with Crippen molar-refractivity contribution in [1.29, 1.82) is 0 Å². The molecule has 0 atom stereocenters. The number of carboxylic acids is 1. The summed E-state index contributed by atoms with van der Waals surface area (Å²) in [5.74, 6) is -0.799. The van der Waals surface area contributed by atoms with E-state index in [1.54, 1.807) is 10.9 Å². The normalized spacial score (nSPS) is 10.8. The third kappa shape index (κ3) is 5.00. The van der Waals surface area contributed by atoms with Gasteiger partial charge in [0.05, 0.1) is 18.4 Å². The SMILES string of the molecule is Cc1c(C(=O)NCCOCC(=O)O)cnn1CC(C)C. The number of nitrogens with one attached hydrogen (secondary N) is 1. The van der Waals surface area contributed by atoms with Crippen molar-refractivity contribution in [1.82, 2.24) is 15.1 Å². The second kappa shape index (κ2) is 7.64. The first-order valence-electron chi connectivity index (χ1n) is 6.52. The topological polar surface area (TPSA) is 93.4 Å². The Hall–Kier alpha value is -1.89. The molecular formula is C13H21N3O4. The van der Waals surface area contributed by atoms with Gasteiger partial charge in [0.2, 0.25) is 0 Å². The average Bonchev–Trinajstić information content (AvgIpc) is 2.69. The van der Waals surface area contributed by atoms with Crippen LogP contribution in [0.3, 0.4) is 0 Å². The lowest BCUT2D eigenvalue weighted by Gasteiger charge is -2.08. The molecule has 1 amide bonds. The molecule has 0 fully saturated rings. The number of ether oxygens (including phenoxy) is 1. The largest absolute Gasteiger partial charge is 0.480 e. The Bertz CT molecular complexity index is 468. The molecule has 1 rings (SSSR count). The van der Waals surface area contributed by atoms with Crippen molar-refractivity contribution in [3.05, 3.63) is 17.5 Å². The number of carbonyl (C=O) groups is 2. The van der Waals surface area contributed by atoms with E-state index in [1.165, 1.54) is 0 Å². The zero-order valence-corrected chi connectivity index (χ0v) is 12.0. The Kier molecular flexibility index (Phi) is 6.17. The second-order valence-corrected chi connectivity index (χ2v) is 4.92. The maximum Gasteiger partial charge on any atom is 0.329 e. The molecule has 0 radical (unpaired) electrons. The molecule has 2 N–H and O–H groups in total. The fourth-order valence-electron chi connectivity index (χ4n) is 1.69. The first-order chi connectivity index (χ1) is 9.41. The van der Waals surface area contributed by atoms with E-state index in [9.17, 15) is 9.59 Å². The van der Waals surface area contributed by atoms with Gasteiger partial charge in [-0.1, -0.05) is 13.8 Å². The van der Waals surface area contributed by atoms with Gasteiger partial charge in [0, 0.05) is 18.8 Å². The molecule has 0 aliphatic heterocycles.